The highest BCUT2D eigenvalue weighted by Crippen LogP contribution is 2.16. The number of benzene rings is 1. The molecule has 1 aromatic heterocycles. The van der Waals surface area contributed by atoms with Gasteiger partial charge in [0, 0.05) is 5.56 Å². The summed E-state index contributed by atoms with van der Waals surface area (Å²) >= 11 is 0. The lowest BCUT2D eigenvalue weighted by Crippen LogP contribution is -2.13. The van der Waals surface area contributed by atoms with Crippen LogP contribution in [0.4, 0.5) is 0 Å². The van der Waals surface area contributed by atoms with Crippen molar-refractivity contribution < 1.29 is 19.4 Å². The lowest BCUT2D eigenvalue weighted by atomic mass is 10.1. The van der Waals surface area contributed by atoms with E-state index in [0.29, 0.717) is 12.3 Å². The molecule has 7 heteroatoms. The summed E-state index contributed by atoms with van der Waals surface area (Å²) in [5, 5.41) is 16.6. The van der Waals surface area contributed by atoms with Crippen LogP contribution >= 0.6 is 0 Å². The molecule has 0 fully saturated rings. The third-order valence-corrected chi connectivity index (χ3v) is 2.56. The van der Waals surface area contributed by atoms with Crippen LogP contribution in [0.3, 0.4) is 0 Å². The first-order valence-corrected chi connectivity index (χ1v) is 5.99. The molecular formula is C13H13N3O4. The SMILES string of the molecule is CCOC(=O)Cn1cc(-c2ccc(C(=O)O)cc2)nn1. The summed E-state index contributed by atoms with van der Waals surface area (Å²) in [6.07, 6.45) is 1.60. The largest absolute Gasteiger partial charge is 0.478 e. The fourth-order valence-electron chi connectivity index (χ4n) is 1.63. The highest BCUT2D eigenvalue weighted by atomic mass is 16.5. The third kappa shape index (κ3) is 3.19. The maximum atomic E-state index is 11.3. The standard InChI is InChI=1S/C13H13N3O4/c1-2-20-12(17)8-16-7-11(14-15-16)9-3-5-10(6-4-9)13(18)19/h3-7H,2,8H2,1H3,(H,18,19). The minimum Gasteiger partial charge on any atom is -0.478 e. The molecule has 1 heterocycles. The Bertz CT molecular complexity index is 619. The molecule has 0 radical (unpaired) electrons. The fraction of sp³-hybridized carbons (Fsp3) is 0.231. The lowest BCUT2D eigenvalue weighted by molar-refractivity contribution is -0.144. The number of hydrogen-bond donors (Lipinski definition) is 1. The van der Waals surface area contributed by atoms with Crippen LogP contribution in [0.15, 0.2) is 30.5 Å². The van der Waals surface area contributed by atoms with Crippen molar-refractivity contribution in [2.75, 3.05) is 6.61 Å². The number of hydrogen-bond acceptors (Lipinski definition) is 5. The van der Waals surface area contributed by atoms with E-state index in [1.165, 1.54) is 16.8 Å². The Morgan fingerprint density at radius 3 is 2.60 bits per heavy atom. The van der Waals surface area contributed by atoms with E-state index in [1.54, 1.807) is 25.3 Å². The van der Waals surface area contributed by atoms with Gasteiger partial charge < -0.3 is 9.84 Å². The number of aromatic carboxylic acids is 1. The summed E-state index contributed by atoms with van der Waals surface area (Å²) in [6.45, 7) is 2.04. The zero-order chi connectivity index (χ0) is 14.5. The van der Waals surface area contributed by atoms with Gasteiger partial charge >= 0.3 is 11.9 Å². The van der Waals surface area contributed by atoms with E-state index in [-0.39, 0.29) is 18.1 Å². The van der Waals surface area contributed by atoms with Gasteiger partial charge in [-0.25, -0.2) is 9.48 Å². The molecule has 0 atom stereocenters. The average molecular weight is 275 g/mol. The Morgan fingerprint density at radius 1 is 1.30 bits per heavy atom. The van der Waals surface area contributed by atoms with Crippen molar-refractivity contribution in [3.63, 3.8) is 0 Å². The van der Waals surface area contributed by atoms with Crippen LogP contribution in [-0.4, -0.2) is 38.6 Å². The van der Waals surface area contributed by atoms with Crippen molar-refractivity contribution in [3.8, 4) is 11.3 Å². The maximum absolute atomic E-state index is 11.3. The number of carbonyl (C=O) groups is 2. The van der Waals surface area contributed by atoms with Crippen molar-refractivity contribution in [2.45, 2.75) is 13.5 Å². The number of carboxylic acid groups (broad SMARTS) is 1. The Kier molecular flexibility index (Phi) is 4.09. The van der Waals surface area contributed by atoms with Gasteiger partial charge in [0.25, 0.3) is 0 Å². The van der Waals surface area contributed by atoms with Gasteiger partial charge in [-0.3, -0.25) is 4.79 Å². The summed E-state index contributed by atoms with van der Waals surface area (Å²) in [7, 11) is 0. The Labute approximate surface area is 114 Å². The van der Waals surface area contributed by atoms with Crippen molar-refractivity contribution >= 4 is 11.9 Å². The van der Waals surface area contributed by atoms with Gasteiger partial charge in [-0.2, -0.15) is 0 Å². The van der Waals surface area contributed by atoms with Crippen LogP contribution in [0, 0.1) is 0 Å². The molecule has 2 rings (SSSR count). The Morgan fingerprint density at radius 2 is 2.00 bits per heavy atom. The molecule has 0 unspecified atom stereocenters. The van der Waals surface area contributed by atoms with E-state index in [2.05, 4.69) is 10.3 Å². The quantitative estimate of drug-likeness (QED) is 0.824. The molecule has 0 saturated carbocycles. The highest BCUT2D eigenvalue weighted by Gasteiger charge is 2.09. The molecule has 0 aliphatic heterocycles. The van der Waals surface area contributed by atoms with Gasteiger partial charge in [0.15, 0.2) is 0 Å². The Hall–Kier alpha value is -2.70. The summed E-state index contributed by atoms with van der Waals surface area (Å²) in [6, 6.07) is 6.26. The molecule has 20 heavy (non-hydrogen) atoms. The van der Waals surface area contributed by atoms with Crippen LogP contribution in [0.5, 0.6) is 0 Å². The van der Waals surface area contributed by atoms with E-state index in [4.69, 9.17) is 9.84 Å². The van der Waals surface area contributed by atoms with Crippen LogP contribution in [-0.2, 0) is 16.1 Å². The number of aromatic nitrogens is 3. The van der Waals surface area contributed by atoms with Crippen molar-refractivity contribution in [2.24, 2.45) is 0 Å². The molecule has 0 spiro atoms. The van der Waals surface area contributed by atoms with Gasteiger partial charge in [-0.1, -0.05) is 17.3 Å². The van der Waals surface area contributed by atoms with Gasteiger partial charge in [0.1, 0.15) is 12.2 Å². The van der Waals surface area contributed by atoms with Gasteiger partial charge in [0.05, 0.1) is 18.4 Å². The van der Waals surface area contributed by atoms with Crippen LogP contribution in [0.1, 0.15) is 17.3 Å². The molecule has 0 amide bonds. The number of esters is 1. The first-order chi connectivity index (χ1) is 9.60. The molecule has 0 bridgehead atoms. The lowest BCUT2D eigenvalue weighted by Gasteiger charge is -2.00. The fourth-order valence-corrected chi connectivity index (χ4v) is 1.63. The molecule has 1 aromatic carbocycles. The second-order valence-electron chi connectivity index (χ2n) is 3.99. The molecule has 0 saturated heterocycles. The number of carbonyl (C=O) groups excluding carboxylic acids is 1. The first kappa shape index (κ1) is 13.7. The molecule has 0 aliphatic carbocycles. The van der Waals surface area contributed by atoms with E-state index >= 15 is 0 Å². The summed E-state index contributed by atoms with van der Waals surface area (Å²) in [5.41, 5.74) is 1.49. The zero-order valence-corrected chi connectivity index (χ0v) is 10.8. The van der Waals surface area contributed by atoms with Crippen molar-refractivity contribution in [1.82, 2.24) is 15.0 Å². The van der Waals surface area contributed by atoms with E-state index in [9.17, 15) is 9.59 Å². The number of nitrogens with zero attached hydrogens (tertiary/aromatic N) is 3. The number of rotatable bonds is 5. The second-order valence-corrected chi connectivity index (χ2v) is 3.99. The Balaban J connectivity index is 2.12. The monoisotopic (exact) mass is 275 g/mol. The van der Waals surface area contributed by atoms with Crippen molar-refractivity contribution in [1.29, 1.82) is 0 Å². The van der Waals surface area contributed by atoms with Crippen LogP contribution in [0.2, 0.25) is 0 Å². The van der Waals surface area contributed by atoms with Gasteiger partial charge in [0.2, 0.25) is 0 Å². The number of carboxylic acids is 1. The summed E-state index contributed by atoms with van der Waals surface area (Å²) < 4.78 is 6.18. The predicted molar refractivity (Wildman–Crippen MR) is 69.1 cm³/mol. The summed E-state index contributed by atoms with van der Waals surface area (Å²) in [5.74, 6) is -1.37. The summed E-state index contributed by atoms with van der Waals surface area (Å²) in [4.78, 5) is 22.1. The van der Waals surface area contributed by atoms with Gasteiger partial charge in [-0.05, 0) is 19.1 Å². The minimum atomic E-state index is -0.984. The first-order valence-electron chi connectivity index (χ1n) is 5.99. The van der Waals surface area contributed by atoms with Crippen LogP contribution < -0.4 is 0 Å². The van der Waals surface area contributed by atoms with Gasteiger partial charge in [-0.15, -0.1) is 5.10 Å². The topological polar surface area (TPSA) is 94.3 Å². The van der Waals surface area contributed by atoms with Crippen molar-refractivity contribution in [3.05, 3.63) is 36.0 Å². The molecule has 2 aromatic rings. The molecule has 104 valence electrons. The minimum absolute atomic E-state index is 0.00590. The smallest absolute Gasteiger partial charge is 0.335 e. The van der Waals surface area contributed by atoms with E-state index in [1.807, 2.05) is 0 Å². The van der Waals surface area contributed by atoms with E-state index in [0.717, 1.165) is 5.56 Å². The molecule has 7 nitrogen and oxygen atoms in total. The predicted octanol–water partition coefficient (Wildman–Crippen LogP) is 1.21. The molecule has 1 N–H and O–H groups in total. The second kappa shape index (κ2) is 5.96. The highest BCUT2D eigenvalue weighted by molar-refractivity contribution is 5.88. The molecule has 0 aliphatic rings. The molecular weight excluding hydrogens is 262 g/mol. The number of ether oxygens (including phenoxy) is 1. The zero-order valence-electron chi connectivity index (χ0n) is 10.8. The normalized spacial score (nSPS) is 10.2. The maximum Gasteiger partial charge on any atom is 0.335 e. The average Bonchev–Trinajstić information content (AvgIpc) is 2.87. The third-order valence-electron chi connectivity index (χ3n) is 2.56. The van der Waals surface area contributed by atoms with E-state index < -0.39 is 5.97 Å². The van der Waals surface area contributed by atoms with Crippen LogP contribution in [0.25, 0.3) is 11.3 Å².